The average Bonchev–Trinajstić information content (AvgIpc) is 2.86. The van der Waals surface area contributed by atoms with Crippen LogP contribution in [0.25, 0.3) is 0 Å². The highest BCUT2D eigenvalue weighted by atomic mass is 35.5. The van der Waals surface area contributed by atoms with Crippen LogP contribution in [-0.2, 0) is 13.6 Å². The van der Waals surface area contributed by atoms with Gasteiger partial charge in [0.25, 0.3) is 5.91 Å². The van der Waals surface area contributed by atoms with Crippen LogP contribution >= 0.6 is 22.9 Å². The molecule has 0 fully saturated rings. The largest absolute Gasteiger partial charge is 0.347 e. The van der Waals surface area contributed by atoms with Crippen molar-refractivity contribution in [3.05, 3.63) is 45.4 Å². The van der Waals surface area contributed by atoms with Crippen LogP contribution in [0.3, 0.4) is 0 Å². The first-order valence-corrected chi connectivity index (χ1v) is 6.38. The van der Waals surface area contributed by atoms with Crippen molar-refractivity contribution in [2.75, 3.05) is 7.05 Å². The Kier molecular flexibility index (Phi) is 3.54. The molecule has 0 aliphatic carbocycles. The molecule has 5 heteroatoms. The smallest absolute Gasteiger partial charge is 0.270 e. The quantitative estimate of drug-likeness (QED) is 0.840. The number of thiophene rings is 1. The van der Waals surface area contributed by atoms with Gasteiger partial charge in [-0.2, -0.15) is 0 Å². The number of carbonyl (C=O) groups excluding carboxylic acids is 1. The Morgan fingerprint density at radius 3 is 2.76 bits per heavy atom. The molecule has 0 bridgehead atoms. The molecule has 0 aromatic carbocycles. The van der Waals surface area contributed by atoms with E-state index < -0.39 is 0 Å². The van der Waals surface area contributed by atoms with Crippen LogP contribution in [-0.4, -0.2) is 22.4 Å². The molecule has 2 rings (SSSR count). The number of aryl methyl sites for hydroxylation is 1. The Balaban J connectivity index is 2.08. The first-order valence-electron chi connectivity index (χ1n) is 5.19. The molecule has 0 unspecified atom stereocenters. The van der Waals surface area contributed by atoms with Gasteiger partial charge in [-0.25, -0.2) is 0 Å². The zero-order chi connectivity index (χ0) is 12.4. The van der Waals surface area contributed by atoms with Crippen LogP contribution in [0.4, 0.5) is 0 Å². The van der Waals surface area contributed by atoms with E-state index in [1.165, 1.54) is 11.3 Å². The third-order valence-corrected chi connectivity index (χ3v) is 3.75. The van der Waals surface area contributed by atoms with Gasteiger partial charge in [-0.3, -0.25) is 4.79 Å². The van der Waals surface area contributed by atoms with Crippen LogP contribution in [0, 0.1) is 0 Å². The summed E-state index contributed by atoms with van der Waals surface area (Å²) < 4.78 is 2.57. The summed E-state index contributed by atoms with van der Waals surface area (Å²) >= 11 is 7.36. The van der Waals surface area contributed by atoms with E-state index in [4.69, 9.17) is 11.6 Å². The number of halogens is 1. The van der Waals surface area contributed by atoms with E-state index in [1.54, 1.807) is 11.9 Å². The summed E-state index contributed by atoms with van der Waals surface area (Å²) in [5, 5.41) is 0. The maximum atomic E-state index is 12.1. The summed E-state index contributed by atoms with van der Waals surface area (Å²) in [5.74, 6) is 0.0158. The lowest BCUT2D eigenvalue weighted by Crippen LogP contribution is -2.27. The number of rotatable bonds is 3. The molecule has 0 radical (unpaired) electrons. The first kappa shape index (κ1) is 12.2. The Bertz CT molecular complexity index is 532. The van der Waals surface area contributed by atoms with Gasteiger partial charge in [-0.05, 0) is 24.3 Å². The molecule has 90 valence electrons. The monoisotopic (exact) mass is 268 g/mol. The maximum Gasteiger partial charge on any atom is 0.270 e. The maximum absolute atomic E-state index is 12.1. The summed E-state index contributed by atoms with van der Waals surface area (Å²) in [6, 6.07) is 7.48. The molecule has 0 atom stereocenters. The minimum atomic E-state index is 0.0158. The molecule has 0 aliphatic heterocycles. The Morgan fingerprint density at radius 1 is 1.47 bits per heavy atom. The number of nitrogens with zero attached hydrogens (tertiary/aromatic N) is 2. The highest BCUT2D eigenvalue weighted by Gasteiger charge is 2.14. The fourth-order valence-electron chi connectivity index (χ4n) is 1.62. The van der Waals surface area contributed by atoms with E-state index in [1.807, 2.05) is 42.1 Å². The Morgan fingerprint density at radius 2 is 2.24 bits per heavy atom. The molecule has 0 spiro atoms. The van der Waals surface area contributed by atoms with Crippen LogP contribution in [0.1, 0.15) is 15.4 Å². The number of amides is 1. The third-order valence-electron chi connectivity index (χ3n) is 2.53. The lowest BCUT2D eigenvalue weighted by atomic mass is 10.3. The summed E-state index contributed by atoms with van der Waals surface area (Å²) in [7, 11) is 3.66. The zero-order valence-electron chi connectivity index (χ0n) is 9.68. The lowest BCUT2D eigenvalue weighted by Gasteiger charge is -2.16. The Hall–Kier alpha value is -1.26. The second-order valence-corrected chi connectivity index (χ2v) is 5.67. The van der Waals surface area contributed by atoms with Crippen LogP contribution < -0.4 is 0 Å². The minimum absolute atomic E-state index is 0.0158. The third kappa shape index (κ3) is 2.70. The predicted molar refractivity (Wildman–Crippen MR) is 70.5 cm³/mol. The molecule has 0 aliphatic rings. The van der Waals surface area contributed by atoms with Gasteiger partial charge in [0.05, 0.1) is 10.9 Å². The van der Waals surface area contributed by atoms with Gasteiger partial charge in [-0.15, -0.1) is 11.3 Å². The summed E-state index contributed by atoms with van der Waals surface area (Å²) in [6.07, 6.45) is 1.86. The molecule has 3 nitrogen and oxygen atoms in total. The van der Waals surface area contributed by atoms with E-state index in [9.17, 15) is 4.79 Å². The van der Waals surface area contributed by atoms with Crippen molar-refractivity contribution in [3.63, 3.8) is 0 Å². The van der Waals surface area contributed by atoms with Crippen LogP contribution in [0.5, 0.6) is 0 Å². The highest BCUT2D eigenvalue weighted by Crippen LogP contribution is 2.22. The van der Waals surface area contributed by atoms with Crippen LogP contribution in [0.15, 0.2) is 30.5 Å². The molecule has 2 aromatic heterocycles. The van der Waals surface area contributed by atoms with Crippen molar-refractivity contribution < 1.29 is 4.79 Å². The number of aromatic nitrogens is 1. The summed E-state index contributed by atoms with van der Waals surface area (Å²) in [5.41, 5.74) is 0.690. The van der Waals surface area contributed by atoms with Crippen LogP contribution in [0.2, 0.25) is 4.34 Å². The van der Waals surface area contributed by atoms with Gasteiger partial charge < -0.3 is 9.47 Å². The van der Waals surface area contributed by atoms with Crippen molar-refractivity contribution in [1.82, 2.24) is 9.47 Å². The SMILES string of the molecule is CN(Cc1ccc(Cl)s1)C(=O)c1cccn1C. The summed E-state index contributed by atoms with van der Waals surface area (Å²) in [6.45, 7) is 0.585. The molecule has 17 heavy (non-hydrogen) atoms. The second kappa shape index (κ2) is 4.94. The molecule has 2 heterocycles. The minimum Gasteiger partial charge on any atom is -0.347 e. The molecule has 0 N–H and O–H groups in total. The topological polar surface area (TPSA) is 25.2 Å². The van der Waals surface area contributed by atoms with Crippen molar-refractivity contribution in [2.45, 2.75) is 6.54 Å². The fraction of sp³-hybridized carbons (Fsp3) is 0.250. The zero-order valence-corrected chi connectivity index (χ0v) is 11.3. The standard InChI is InChI=1S/C12H13ClN2OS/c1-14-7-3-4-10(14)12(16)15(2)8-9-5-6-11(13)17-9/h3-7H,8H2,1-2H3. The van der Waals surface area contributed by atoms with Crippen molar-refractivity contribution in [3.8, 4) is 0 Å². The molecule has 0 saturated heterocycles. The van der Waals surface area contributed by atoms with Crippen molar-refractivity contribution in [2.24, 2.45) is 7.05 Å². The number of carbonyl (C=O) groups is 1. The average molecular weight is 269 g/mol. The van der Waals surface area contributed by atoms with E-state index in [2.05, 4.69) is 0 Å². The Labute approximate surface area is 109 Å². The number of hydrogen-bond acceptors (Lipinski definition) is 2. The van der Waals surface area contributed by atoms with Gasteiger partial charge in [0.1, 0.15) is 5.69 Å². The highest BCUT2D eigenvalue weighted by molar-refractivity contribution is 7.16. The lowest BCUT2D eigenvalue weighted by molar-refractivity contribution is 0.0777. The fourth-order valence-corrected chi connectivity index (χ4v) is 2.76. The second-order valence-electron chi connectivity index (χ2n) is 3.87. The molecular formula is C12H13ClN2OS. The van der Waals surface area contributed by atoms with Gasteiger partial charge in [0, 0.05) is 25.2 Å². The van der Waals surface area contributed by atoms with E-state index in [0.29, 0.717) is 12.2 Å². The predicted octanol–water partition coefficient (Wildman–Crippen LogP) is 3.01. The van der Waals surface area contributed by atoms with Gasteiger partial charge >= 0.3 is 0 Å². The van der Waals surface area contributed by atoms with E-state index in [-0.39, 0.29) is 5.91 Å². The van der Waals surface area contributed by atoms with Gasteiger partial charge in [0.15, 0.2) is 0 Å². The van der Waals surface area contributed by atoms with Gasteiger partial charge in [0.2, 0.25) is 0 Å². The van der Waals surface area contributed by atoms with E-state index in [0.717, 1.165) is 9.21 Å². The molecule has 2 aromatic rings. The molecule has 0 saturated carbocycles. The van der Waals surface area contributed by atoms with E-state index >= 15 is 0 Å². The molecular weight excluding hydrogens is 256 g/mol. The van der Waals surface area contributed by atoms with Gasteiger partial charge in [-0.1, -0.05) is 11.6 Å². The van der Waals surface area contributed by atoms with Crippen molar-refractivity contribution >= 4 is 28.8 Å². The summed E-state index contributed by atoms with van der Waals surface area (Å²) in [4.78, 5) is 14.9. The normalized spacial score (nSPS) is 10.5. The molecule has 1 amide bonds. The number of hydrogen-bond donors (Lipinski definition) is 0. The van der Waals surface area contributed by atoms with Crippen molar-refractivity contribution in [1.29, 1.82) is 0 Å². The first-order chi connectivity index (χ1) is 8.08.